The van der Waals surface area contributed by atoms with Crippen molar-refractivity contribution in [2.45, 2.75) is 11.3 Å². The number of nitrogens with zero attached hydrogens (tertiary/aromatic N) is 1. The molecule has 1 rings (SSSR count). The van der Waals surface area contributed by atoms with Gasteiger partial charge in [0.1, 0.15) is 5.75 Å². The summed E-state index contributed by atoms with van der Waals surface area (Å²) in [5.41, 5.74) is -0.0868. The smallest absolute Gasteiger partial charge is 0.286 e. The first-order chi connectivity index (χ1) is 8.83. The van der Waals surface area contributed by atoms with E-state index in [4.69, 9.17) is 9.29 Å². The summed E-state index contributed by atoms with van der Waals surface area (Å²) < 4.78 is 34.5. The molecule has 106 valence electrons. The molecule has 0 spiro atoms. The summed E-state index contributed by atoms with van der Waals surface area (Å²) in [4.78, 5) is 10.8. The third kappa shape index (κ3) is 5.45. The number of hydrogen-bond donors (Lipinski definition) is 1. The van der Waals surface area contributed by atoms with Crippen LogP contribution in [0.1, 0.15) is 6.42 Å². The average Bonchev–Trinajstić information content (AvgIpc) is 2.33. The summed E-state index contributed by atoms with van der Waals surface area (Å²) in [7, 11) is -2.57. The number of ether oxygens (including phenoxy) is 1. The van der Waals surface area contributed by atoms with Crippen LogP contribution in [0.4, 0.5) is 5.69 Å². The third-order valence-corrected chi connectivity index (χ3v) is 4.12. The fourth-order valence-corrected chi connectivity index (χ4v) is 2.96. The number of benzene rings is 1. The van der Waals surface area contributed by atoms with Gasteiger partial charge in [-0.3, -0.25) is 14.7 Å². The highest BCUT2D eigenvalue weighted by atomic mass is 32.2. The lowest BCUT2D eigenvalue weighted by atomic mass is 10.3. The quantitative estimate of drug-likeness (QED) is 0.270. The molecule has 0 saturated heterocycles. The Bertz CT molecular complexity index is 557. The molecule has 1 aromatic carbocycles. The van der Waals surface area contributed by atoms with Crippen molar-refractivity contribution < 1.29 is 22.6 Å². The van der Waals surface area contributed by atoms with E-state index in [1.165, 1.54) is 13.2 Å². The topological polar surface area (TPSA) is 107 Å². The van der Waals surface area contributed by atoms with E-state index >= 15 is 0 Å². The van der Waals surface area contributed by atoms with Gasteiger partial charge in [0.15, 0.2) is 0 Å². The molecule has 1 N–H and O–H groups in total. The summed E-state index contributed by atoms with van der Waals surface area (Å²) in [6.07, 6.45) is 0.215. The predicted molar refractivity (Wildman–Crippen MR) is 71.4 cm³/mol. The minimum absolute atomic E-state index is 0.0868. The molecule has 0 amide bonds. The van der Waals surface area contributed by atoms with E-state index in [0.717, 1.165) is 11.8 Å². The zero-order valence-corrected chi connectivity index (χ0v) is 11.7. The van der Waals surface area contributed by atoms with Crippen LogP contribution in [0.15, 0.2) is 23.1 Å². The second kappa shape index (κ2) is 6.73. The summed E-state index contributed by atoms with van der Waals surface area (Å²) in [5.74, 6) is 0.380. The lowest BCUT2D eigenvalue weighted by Gasteiger charge is -2.05. The van der Waals surface area contributed by atoms with Gasteiger partial charge in [-0.05, 0) is 24.3 Å². The van der Waals surface area contributed by atoms with Gasteiger partial charge < -0.3 is 4.74 Å². The lowest BCUT2D eigenvalue weighted by molar-refractivity contribution is -0.387. The molecular formula is C10H13NO6S2. The second-order valence-electron chi connectivity index (χ2n) is 3.58. The normalized spacial score (nSPS) is 11.3. The molecule has 0 unspecified atom stereocenters. The molecule has 7 nitrogen and oxygen atoms in total. The lowest BCUT2D eigenvalue weighted by Crippen LogP contribution is -2.04. The van der Waals surface area contributed by atoms with E-state index in [-0.39, 0.29) is 17.9 Å². The SMILES string of the molecule is COc1ccc(SCCCS(=O)(=O)O)c([N+](=O)[O-])c1. The molecule has 19 heavy (non-hydrogen) atoms. The summed E-state index contributed by atoms with van der Waals surface area (Å²) in [6, 6.07) is 4.46. The predicted octanol–water partition coefficient (Wildman–Crippen LogP) is 1.97. The maximum absolute atomic E-state index is 10.9. The molecule has 0 fully saturated rings. The molecule has 0 atom stereocenters. The molecule has 0 aliphatic carbocycles. The second-order valence-corrected chi connectivity index (χ2v) is 6.29. The van der Waals surface area contributed by atoms with Crippen LogP contribution in [-0.4, -0.2) is 36.5 Å². The maximum Gasteiger partial charge on any atom is 0.286 e. The van der Waals surface area contributed by atoms with Gasteiger partial charge in [-0.15, -0.1) is 11.8 Å². The van der Waals surface area contributed by atoms with Gasteiger partial charge in [0.2, 0.25) is 0 Å². The van der Waals surface area contributed by atoms with Crippen molar-refractivity contribution in [2.24, 2.45) is 0 Å². The standard InChI is InChI=1S/C10H13NO6S2/c1-17-8-3-4-10(9(7-8)11(12)13)18-5-2-6-19(14,15)16/h3-4,7H,2,5-6H2,1H3,(H,14,15,16). The molecule has 1 aromatic rings. The first-order valence-corrected chi connectivity index (χ1v) is 7.83. The van der Waals surface area contributed by atoms with Gasteiger partial charge in [-0.1, -0.05) is 0 Å². The third-order valence-electron chi connectivity index (χ3n) is 2.17. The number of methoxy groups -OCH3 is 1. The van der Waals surface area contributed by atoms with Crippen LogP contribution < -0.4 is 4.74 Å². The zero-order valence-electron chi connectivity index (χ0n) is 10.1. The number of hydrogen-bond acceptors (Lipinski definition) is 6. The van der Waals surface area contributed by atoms with Gasteiger partial charge in [0.25, 0.3) is 15.8 Å². The van der Waals surface area contributed by atoms with E-state index in [1.807, 2.05) is 0 Å². The molecule has 0 bridgehead atoms. The highest BCUT2D eigenvalue weighted by Gasteiger charge is 2.15. The van der Waals surface area contributed by atoms with Crippen molar-refractivity contribution in [2.75, 3.05) is 18.6 Å². The fraction of sp³-hybridized carbons (Fsp3) is 0.400. The molecule has 0 saturated carbocycles. The first-order valence-electron chi connectivity index (χ1n) is 5.24. The Morgan fingerprint density at radius 2 is 2.16 bits per heavy atom. The zero-order chi connectivity index (χ0) is 14.5. The van der Waals surface area contributed by atoms with Gasteiger partial charge in [-0.25, -0.2) is 0 Å². The minimum Gasteiger partial charge on any atom is -0.497 e. The van der Waals surface area contributed by atoms with Crippen molar-refractivity contribution in [3.05, 3.63) is 28.3 Å². The highest BCUT2D eigenvalue weighted by molar-refractivity contribution is 7.99. The Balaban J connectivity index is 2.70. The number of rotatable bonds is 7. The van der Waals surface area contributed by atoms with Crippen molar-refractivity contribution in [3.8, 4) is 5.75 Å². The Hall–Kier alpha value is -1.32. The van der Waals surface area contributed by atoms with Crippen molar-refractivity contribution in [1.29, 1.82) is 0 Å². The summed E-state index contributed by atoms with van der Waals surface area (Å²) >= 11 is 1.16. The molecular weight excluding hydrogens is 294 g/mol. The van der Waals surface area contributed by atoms with Crippen LogP contribution in [0.25, 0.3) is 0 Å². The Morgan fingerprint density at radius 1 is 1.47 bits per heavy atom. The largest absolute Gasteiger partial charge is 0.497 e. The van der Waals surface area contributed by atoms with Crippen LogP contribution in [-0.2, 0) is 10.1 Å². The van der Waals surface area contributed by atoms with Gasteiger partial charge in [0, 0.05) is 0 Å². The summed E-state index contributed by atoms with van der Waals surface area (Å²) in [5, 5.41) is 10.9. The average molecular weight is 307 g/mol. The van der Waals surface area contributed by atoms with Gasteiger partial charge in [-0.2, -0.15) is 8.42 Å². The van der Waals surface area contributed by atoms with Crippen LogP contribution >= 0.6 is 11.8 Å². The maximum atomic E-state index is 10.9. The molecule has 0 aliphatic heterocycles. The van der Waals surface area contributed by atoms with Crippen LogP contribution in [0.3, 0.4) is 0 Å². The van der Waals surface area contributed by atoms with Crippen LogP contribution in [0.2, 0.25) is 0 Å². The molecule has 9 heteroatoms. The molecule has 0 aliphatic rings. The van der Waals surface area contributed by atoms with E-state index in [1.54, 1.807) is 12.1 Å². The van der Waals surface area contributed by atoms with Gasteiger partial charge in [0.05, 0.1) is 28.7 Å². The Labute approximate surface area is 114 Å². The highest BCUT2D eigenvalue weighted by Crippen LogP contribution is 2.32. The fourth-order valence-electron chi connectivity index (χ4n) is 1.31. The number of nitro benzene ring substituents is 1. The van der Waals surface area contributed by atoms with E-state index < -0.39 is 15.0 Å². The number of thioether (sulfide) groups is 1. The van der Waals surface area contributed by atoms with E-state index in [0.29, 0.717) is 16.4 Å². The van der Waals surface area contributed by atoms with Crippen molar-refractivity contribution in [1.82, 2.24) is 0 Å². The Morgan fingerprint density at radius 3 is 2.68 bits per heavy atom. The van der Waals surface area contributed by atoms with Crippen molar-refractivity contribution >= 4 is 27.6 Å². The van der Waals surface area contributed by atoms with Crippen LogP contribution in [0, 0.1) is 10.1 Å². The molecule has 0 radical (unpaired) electrons. The first kappa shape index (κ1) is 15.7. The van der Waals surface area contributed by atoms with Crippen LogP contribution in [0.5, 0.6) is 5.75 Å². The minimum atomic E-state index is -3.98. The van der Waals surface area contributed by atoms with Gasteiger partial charge >= 0.3 is 0 Å². The van der Waals surface area contributed by atoms with E-state index in [2.05, 4.69) is 0 Å². The Kier molecular flexibility index (Phi) is 5.58. The monoisotopic (exact) mass is 307 g/mol. The molecule has 0 aromatic heterocycles. The molecule has 0 heterocycles. The van der Waals surface area contributed by atoms with E-state index in [9.17, 15) is 18.5 Å². The summed E-state index contributed by atoms with van der Waals surface area (Å²) in [6.45, 7) is 0. The van der Waals surface area contributed by atoms with Crippen molar-refractivity contribution in [3.63, 3.8) is 0 Å². The number of nitro groups is 1.